The summed E-state index contributed by atoms with van der Waals surface area (Å²) in [6.07, 6.45) is 2.74. The fourth-order valence-electron chi connectivity index (χ4n) is 6.27. The van der Waals surface area contributed by atoms with Crippen molar-refractivity contribution in [1.82, 2.24) is 14.4 Å². The quantitative estimate of drug-likeness (QED) is 0.207. The van der Waals surface area contributed by atoms with Crippen LogP contribution in [0.4, 0.5) is 4.79 Å². The minimum atomic E-state index is -1.38. The Kier molecular flexibility index (Phi) is 11.6. The molecular weight excluding hydrogens is 558 g/mol. The molecule has 242 valence electrons. The van der Waals surface area contributed by atoms with Gasteiger partial charge in [-0.25, -0.2) is 4.79 Å². The van der Waals surface area contributed by atoms with Crippen LogP contribution < -0.4 is 0 Å². The van der Waals surface area contributed by atoms with Crippen molar-refractivity contribution in [3.63, 3.8) is 0 Å². The summed E-state index contributed by atoms with van der Waals surface area (Å²) in [6, 6.07) is 6.06. The highest BCUT2D eigenvalue weighted by Crippen LogP contribution is 2.38. The zero-order valence-electron chi connectivity index (χ0n) is 28.8. The Morgan fingerprint density at radius 2 is 1.77 bits per heavy atom. The zero-order valence-corrected chi connectivity index (χ0v) is 30.0. The highest BCUT2D eigenvalue weighted by molar-refractivity contribution is 6.48. The molecule has 2 amide bonds. The van der Waals surface area contributed by atoms with Gasteiger partial charge in [0.05, 0.1) is 6.10 Å². The van der Waals surface area contributed by atoms with Crippen molar-refractivity contribution in [3.8, 4) is 0 Å². The summed E-state index contributed by atoms with van der Waals surface area (Å²) in [4.78, 5) is 31.3. The third-order valence-electron chi connectivity index (χ3n) is 8.20. The summed E-state index contributed by atoms with van der Waals surface area (Å²) < 4.78 is 20.0. The van der Waals surface area contributed by atoms with Crippen molar-refractivity contribution in [2.45, 2.75) is 106 Å². The van der Waals surface area contributed by atoms with Crippen LogP contribution in [0.15, 0.2) is 24.4 Å². The molecule has 1 unspecified atom stereocenters. The van der Waals surface area contributed by atoms with Crippen molar-refractivity contribution >= 4 is 31.9 Å². The Morgan fingerprint density at radius 3 is 2.33 bits per heavy atom. The molecule has 8 nitrogen and oxygen atoms in total. The van der Waals surface area contributed by atoms with Crippen molar-refractivity contribution in [2.75, 3.05) is 33.4 Å². The van der Waals surface area contributed by atoms with Crippen LogP contribution in [-0.4, -0.2) is 86.5 Å². The first kappa shape index (κ1) is 35.1. The van der Waals surface area contributed by atoms with Gasteiger partial charge in [-0.3, -0.25) is 4.79 Å². The lowest BCUT2D eigenvalue weighted by Crippen LogP contribution is -2.47. The fraction of sp³-hybridized carbons (Fsp3) is 0.706. The molecule has 0 bridgehead atoms. The van der Waals surface area contributed by atoms with Crippen LogP contribution >= 0.6 is 0 Å². The lowest BCUT2D eigenvalue weighted by atomic mass is 9.77. The Bertz CT molecular complexity index is 1240. The summed E-state index contributed by atoms with van der Waals surface area (Å²) >= 11 is 0. The van der Waals surface area contributed by atoms with Gasteiger partial charge >= 0.3 is 6.09 Å². The number of aromatic nitrogens is 1. The maximum atomic E-state index is 14.2. The Morgan fingerprint density at radius 1 is 1.09 bits per heavy atom. The number of carbonyl (C=O) groups is 2. The molecule has 1 aliphatic heterocycles. The van der Waals surface area contributed by atoms with Gasteiger partial charge in [0, 0.05) is 80.4 Å². The maximum absolute atomic E-state index is 14.2. The molecule has 2 heterocycles. The molecule has 9 heteroatoms. The molecule has 1 aliphatic rings. The second kappa shape index (κ2) is 14.2. The van der Waals surface area contributed by atoms with E-state index in [0.717, 1.165) is 23.9 Å². The smallest absolute Gasteiger partial charge is 0.410 e. The lowest BCUT2D eigenvalue weighted by Gasteiger charge is -2.40. The van der Waals surface area contributed by atoms with E-state index < -0.39 is 14.6 Å². The fourth-order valence-corrected chi connectivity index (χ4v) is 7.46. The number of amides is 2. The number of hydrogen-bond donors (Lipinski definition) is 0. The molecular formula is C34H57N3O5Si. The zero-order chi connectivity index (χ0) is 32.3. The number of hydrogen-bond acceptors (Lipinski definition) is 5. The van der Waals surface area contributed by atoms with Gasteiger partial charge < -0.3 is 28.3 Å². The molecule has 43 heavy (non-hydrogen) atoms. The Labute approximate surface area is 261 Å². The molecule has 1 aromatic carbocycles. The molecule has 3 rings (SSSR count). The first-order valence-electron chi connectivity index (χ1n) is 16.0. The summed E-state index contributed by atoms with van der Waals surface area (Å²) in [5.74, 6) is 0.152. The van der Waals surface area contributed by atoms with E-state index in [1.165, 1.54) is 5.56 Å². The molecule has 0 radical (unpaired) electrons. The van der Waals surface area contributed by atoms with Gasteiger partial charge in [-0.2, -0.15) is 0 Å². The Balaban J connectivity index is 1.95. The minimum absolute atomic E-state index is 0.0110. The summed E-state index contributed by atoms with van der Waals surface area (Å²) in [5, 5.41) is 1.16. The van der Waals surface area contributed by atoms with Crippen LogP contribution in [-0.2, 0) is 20.4 Å². The van der Waals surface area contributed by atoms with Gasteiger partial charge in [0.1, 0.15) is 5.60 Å². The first-order valence-corrected chi connectivity index (χ1v) is 18.7. The predicted molar refractivity (Wildman–Crippen MR) is 177 cm³/mol. The number of rotatable bonds is 11. The monoisotopic (exact) mass is 615 g/mol. The number of nitrogens with zero attached hydrogens (tertiary/aromatic N) is 3. The van der Waals surface area contributed by atoms with Gasteiger partial charge in [0.15, 0.2) is 9.04 Å². The number of ether oxygens (including phenoxy) is 2. The third-order valence-corrected chi connectivity index (χ3v) is 9.03. The third kappa shape index (κ3) is 9.08. The number of methoxy groups -OCH3 is 1. The molecule has 1 fully saturated rings. The molecule has 0 spiro atoms. The van der Waals surface area contributed by atoms with Crippen molar-refractivity contribution in [1.29, 1.82) is 0 Å². The van der Waals surface area contributed by atoms with E-state index >= 15 is 0 Å². The lowest BCUT2D eigenvalue weighted by molar-refractivity contribution is 0.00989. The van der Waals surface area contributed by atoms with E-state index in [2.05, 4.69) is 71.5 Å². The van der Waals surface area contributed by atoms with E-state index in [4.69, 9.17) is 13.9 Å². The van der Waals surface area contributed by atoms with Crippen molar-refractivity contribution in [3.05, 3.63) is 35.5 Å². The Hall–Kier alpha value is -2.36. The number of benzene rings is 1. The largest absolute Gasteiger partial charge is 0.444 e. The molecule has 1 aromatic heterocycles. The summed E-state index contributed by atoms with van der Waals surface area (Å²) in [6.45, 7) is 26.1. The highest BCUT2D eigenvalue weighted by Gasteiger charge is 2.46. The maximum Gasteiger partial charge on any atom is 0.410 e. The SMILES string of the molecule is COCCCn1cc(C)c2ccc(C(=O)N(C[C@@H]3CN(C(=O)OC(C)(C)C)C[C@H]3C(O[SiH](C)C)C(C)(C)C)C(C)C)cc21. The van der Waals surface area contributed by atoms with E-state index in [1.54, 1.807) is 7.11 Å². The van der Waals surface area contributed by atoms with E-state index in [9.17, 15) is 9.59 Å². The predicted octanol–water partition coefficient (Wildman–Crippen LogP) is 6.73. The number of fused-ring (bicyclic) bond motifs is 1. The number of likely N-dealkylation sites (tertiary alicyclic amines) is 1. The first-order chi connectivity index (χ1) is 19.9. The van der Waals surface area contributed by atoms with E-state index in [-0.39, 0.29) is 41.4 Å². The average Bonchev–Trinajstić information content (AvgIpc) is 3.44. The van der Waals surface area contributed by atoms with Gasteiger partial charge in [-0.1, -0.05) is 26.8 Å². The normalized spacial score (nSPS) is 18.6. The van der Waals surface area contributed by atoms with Gasteiger partial charge in [-0.05, 0) is 84.2 Å². The highest BCUT2D eigenvalue weighted by atomic mass is 28.3. The van der Waals surface area contributed by atoms with Crippen molar-refractivity contribution in [2.24, 2.45) is 17.3 Å². The van der Waals surface area contributed by atoms with E-state index in [1.807, 2.05) is 42.7 Å². The van der Waals surface area contributed by atoms with Crippen LogP contribution in [0.2, 0.25) is 13.1 Å². The summed E-state index contributed by atoms with van der Waals surface area (Å²) in [5.41, 5.74) is 2.26. The minimum Gasteiger partial charge on any atom is -0.444 e. The molecule has 3 atom stereocenters. The van der Waals surface area contributed by atoms with Gasteiger partial charge in [-0.15, -0.1) is 0 Å². The van der Waals surface area contributed by atoms with Crippen LogP contribution in [0.25, 0.3) is 10.9 Å². The summed E-state index contributed by atoms with van der Waals surface area (Å²) in [7, 11) is 0.342. The number of aryl methyl sites for hydroxylation is 2. The second-order valence-electron chi connectivity index (χ2n) is 14.9. The molecule has 0 aliphatic carbocycles. The molecule has 0 saturated carbocycles. The molecule has 1 saturated heterocycles. The van der Waals surface area contributed by atoms with Crippen LogP contribution in [0.3, 0.4) is 0 Å². The van der Waals surface area contributed by atoms with Crippen LogP contribution in [0.5, 0.6) is 0 Å². The number of carbonyl (C=O) groups excluding carboxylic acids is 2. The topological polar surface area (TPSA) is 73.2 Å². The van der Waals surface area contributed by atoms with Crippen LogP contribution in [0.1, 0.15) is 77.7 Å². The molecule has 0 N–H and O–H groups in total. The van der Waals surface area contributed by atoms with Gasteiger partial charge in [0.2, 0.25) is 0 Å². The second-order valence-corrected chi connectivity index (χ2v) is 17.3. The van der Waals surface area contributed by atoms with Gasteiger partial charge in [0.25, 0.3) is 5.91 Å². The average molecular weight is 616 g/mol. The van der Waals surface area contributed by atoms with Crippen molar-refractivity contribution < 1.29 is 23.5 Å². The van der Waals surface area contributed by atoms with E-state index in [0.29, 0.717) is 31.8 Å². The standard InChI is InChI=1S/C34H57N3O5Si/c1-23(2)37(31(38)25-14-15-27-24(3)19-35(29(27)18-25)16-13-17-40-10)21-26-20-36(32(39)41-34(7,8)9)22-28(26)30(33(4,5)6)42-43(11)12/h14-15,18-19,23,26,28,30,43H,13,16-17,20-22H2,1-12H3/t26-,28+,30?/m0/s1. The molecule has 2 aromatic rings. The van der Waals surface area contributed by atoms with Crippen LogP contribution in [0, 0.1) is 24.2 Å².